The van der Waals surface area contributed by atoms with Crippen LogP contribution in [0.1, 0.15) is 150 Å². The number of hydrogen-bond donors (Lipinski definition) is 0. The van der Waals surface area contributed by atoms with E-state index in [1.54, 1.807) is 0 Å². The molecule has 0 saturated heterocycles. The van der Waals surface area contributed by atoms with Crippen LogP contribution in [0.15, 0.2) is 176 Å². The van der Waals surface area contributed by atoms with Crippen LogP contribution in [0.4, 0.5) is 34.1 Å². The molecule has 3 aliphatic carbocycles. The molecule has 13 rings (SSSR count). The van der Waals surface area contributed by atoms with Crippen molar-refractivity contribution in [1.82, 2.24) is 0 Å². The third kappa shape index (κ3) is 9.82. The summed E-state index contributed by atoms with van der Waals surface area (Å²) in [5.74, 6) is 1.48. The SMILES string of the molecule is CC(C)(C)c1cc(N(c2ccc3c(c2)=CC2Oc4cc5c(C(C)(C)C)c(N(c6cc(C(C)(C)C)cc(C(C)(C)C)c6)c6ccc7c(c6)=CCC6C=CC=CC=76)ccc5cc4C2C=3)c2ccc3c(ccc4ccccc43)c2)cc(C(C)(C)C)c1. The Morgan fingerprint density at radius 2 is 0.988 bits per heavy atom. The van der Waals surface area contributed by atoms with Crippen molar-refractivity contribution in [3.8, 4) is 5.75 Å². The van der Waals surface area contributed by atoms with Crippen molar-refractivity contribution >= 4 is 90.2 Å². The molecule has 0 amide bonds. The molecule has 0 aromatic heterocycles. The second-order valence-corrected chi connectivity index (χ2v) is 29.5. The molecule has 3 nitrogen and oxygen atoms in total. The summed E-state index contributed by atoms with van der Waals surface area (Å²) in [7, 11) is 0. The fraction of sp³-hybridized carbons (Fsp3) is 0.300. The molecule has 3 unspecified atom stereocenters. The van der Waals surface area contributed by atoms with E-state index in [1.165, 1.54) is 109 Å². The van der Waals surface area contributed by atoms with Crippen LogP contribution in [0.5, 0.6) is 5.75 Å². The number of hydrogen-bond acceptors (Lipinski definition) is 3. The molecule has 1 aliphatic heterocycles. The molecular weight excluding hydrogens is 1000 g/mol. The van der Waals surface area contributed by atoms with Gasteiger partial charge in [0.25, 0.3) is 0 Å². The fourth-order valence-electron chi connectivity index (χ4n) is 13.5. The van der Waals surface area contributed by atoms with Crippen molar-refractivity contribution in [2.45, 2.75) is 149 Å². The molecule has 0 spiro atoms. The number of nitrogens with zero attached hydrogens (tertiary/aromatic N) is 2. The number of fused-ring (bicyclic) bond motifs is 10. The van der Waals surface area contributed by atoms with E-state index in [9.17, 15) is 0 Å². The minimum atomic E-state index is -0.237. The van der Waals surface area contributed by atoms with Crippen LogP contribution in [0.25, 0.3) is 56.1 Å². The van der Waals surface area contributed by atoms with Crippen LogP contribution in [0.2, 0.25) is 0 Å². The first-order valence-electron chi connectivity index (χ1n) is 30.4. The molecule has 4 aliphatic rings. The van der Waals surface area contributed by atoms with Gasteiger partial charge in [-0.25, -0.2) is 0 Å². The van der Waals surface area contributed by atoms with E-state index in [1.807, 2.05) is 0 Å². The first kappa shape index (κ1) is 54.4. The largest absolute Gasteiger partial charge is 0.485 e. The molecule has 0 bridgehead atoms. The maximum atomic E-state index is 7.25. The molecule has 0 saturated carbocycles. The number of rotatable bonds is 6. The van der Waals surface area contributed by atoms with Crippen molar-refractivity contribution < 1.29 is 4.74 Å². The van der Waals surface area contributed by atoms with Crippen molar-refractivity contribution in [2.24, 2.45) is 5.92 Å². The van der Waals surface area contributed by atoms with Crippen LogP contribution in [0.3, 0.4) is 0 Å². The fourth-order valence-corrected chi connectivity index (χ4v) is 13.5. The molecular formula is C80H82N2O. The zero-order valence-electron chi connectivity index (χ0n) is 51.7. The molecule has 0 fully saturated rings. The summed E-state index contributed by atoms with van der Waals surface area (Å²) in [5.41, 5.74) is 15.8. The first-order valence-corrected chi connectivity index (χ1v) is 30.4. The molecule has 1 heterocycles. The lowest BCUT2D eigenvalue weighted by Crippen LogP contribution is -2.34. The Morgan fingerprint density at radius 3 is 1.66 bits per heavy atom. The van der Waals surface area contributed by atoms with Gasteiger partial charge in [0.15, 0.2) is 0 Å². The summed E-state index contributed by atoms with van der Waals surface area (Å²) >= 11 is 0. The van der Waals surface area contributed by atoms with Gasteiger partial charge in [-0.1, -0.05) is 213 Å². The number of anilines is 6. The average molecular weight is 1090 g/mol. The van der Waals surface area contributed by atoms with Gasteiger partial charge in [-0.3, -0.25) is 0 Å². The average Bonchev–Trinajstić information content (AvgIpc) is 4.08. The Hall–Kier alpha value is -7.88. The van der Waals surface area contributed by atoms with E-state index in [-0.39, 0.29) is 39.1 Å². The van der Waals surface area contributed by atoms with E-state index < -0.39 is 0 Å². The third-order valence-electron chi connectivity index (χ3n) is 18.3. The Morgan fingerprint density at radius 1 is 0.422 bits per heavy atom. The lowest BCUT2D eigenvalue weighted by molar-refractivity contribution is 0.288. The summed E-state index contributed by atoms with van der Waals surface area (Å²) < 4.78 is 7.25. The van der Waals surface area contributed by atoms with Gasteiger partial charge in [0.2, 0.25) is 0 Å². The van der Waals surface area contributed by atoms with Gasteiger partial charge in [0, 0.05) is 45.8 Å². The molecule has 3 atom stereocenters. The van der Waals surface area contributed by atoms with E-state index >= 15 is 0 Å². The van der Waals surface area contributed by atoms with Gasteiger partial charge in [-0.2, -0.15) is 0 Å². The molecule has 0 radical (unpaired) electrons. The van der Waals surface area contributed by atoms with Crippen molar-refractivity contribution in [1.29, 1.82) is 0 Å². The van der Waals surface area contributed by atoms with Gasteiger partial charge >= 0.3 is 0 Å². The molecule has 3 heteroatoms. The second kappa shape index (κ2) is 19.3. The van der Waals surface area contributed by atoms with Crippen LogP contribution >= 0.6 is 0 Å². The van der Waals surface area contributed by atoms with Gasteiger partial charge in [0.05, 0.1) is 5.69 Å². The van der Waals surface area contributed by atoms with Crippen molar-refractivity contribution in [2.75, 3.05) is 9.80 Å². The van der Waals surface area contributed by atoms with Crippen LogP contribution in [-0.2, 0) is 27.1 Å². The smallest absolute Gasteiger partial charge is 0.128 e. The summed E-state index contributed by atoms with van der Waals surface area (Å²) in [6.07, 6.45) is 17.2. The summed E-state index contributed by atoms with van der Waals surface area (Å²) in [5, 5.41) is 12.5. The predicted molar refractivity (Wildman–Crippen MR) is 357 cm³/mol. The van der Waals surface area contributed by atoms with Crippen LogP contribution in [-0.4, -0.2) is 6.10 Å². The molecule has 0 N–H and O–H groups in total. The number of ether oxygens (including phenoxy) is 1. The van der Waals surface area contributed by atoms with Crippen LogP contribution < -0.4 is 35.4 Å². The van der Waals surface area contributed by atoms with E-state index in [0.717, 1.165) is 29.2 Å². The Kier molecular flexibility index (Phi) is 12.7. The lowest BCUT2D eigenvalue weighted by Gasteiger charge is -2.35. The highest BCUT2D eigenvalue weighted by Crippen LogP contribution is 2.50. The zero-order valence-corrected chi connectivity index (χ0v) is 51.7. The Balaban J connectivity index is 0.946. The van der Waals surface area contributed by atoms with E-state index in [4.69, 9.17) is 4.74 Å². The minimum Gasteiger partial charge on any atom is -0.485 e. The number of benzene rings is 9. The van der Waals surface area contributed by atoms with Gasteiger partial charge in [-0.15, -0.1) is 0 Å². The van der Waals surface area contributed by atoms with E-state index in [2.05, 4.69) is 308 Å². The lowest BCUT2D eigenvalue weighted by atomic mass is 9.79. The Bertz CT molecular complexity index is 4430. The van der Waals surface area contributed by atoms with Gasteiger partial charge < -0.3 is 14.5 Å². The van der Waals surface area contributed by atoms with Crippen molar-refractivity contribution in [3.05, 3.63) is 230 Å². The maximum Gasteiger partial charge on any atom is 0.128 e. The topological polar surface area (TPSA) is 15.7 Å². The maximum absolute atomic E-state index is 7.25. The quantitative estimate of drug-likeness (QED) is 0.154. The standard InChI is InChI=1S/C80H82N2O/c1-76(2,3)56-42-57(77(4,5)6)45-63(44-56)81(61-31-33-67-52(36-61)26-24-49-20-16-18-22-65(49)67)60-30-28-51-39-70-71-40-54-29-35-72(75(80(13,14)15)69(54)48-74(71)83-73(70)41-55(51)38-60)82(64-46-58(78(7,8)9)43-59(47-64)79(10,11)12)62-32-34-68-53(37-62)27-25-50-21-17-19-23-66(50)68/h16-24,26-48,50,70,73H,25H2,1-15H3. The van der Waals surface area contributed by atoms with Crippen LogP contribution in [0, 0.1) is 5.92 Å². The first-order chi connectivity index (χ1) is 39.2. The molecule has 418 valence electrons. The monoisotopic (exact) mass is 1090 g/mol. The highest BCUT2D eigenvalue weighted by atomic mass is 16.5. The Labute approximate surface area is 493 Å². The highest BCUT2D eigenvalue weighted by molar-refractivity contribution is 6.08. The summed E-state index contributed by atoms with van der Waals surface area (Å²) in [4.78, 5) is 5.05. The predicted octanol–water partition coefficient (Wildman–Crippen LogP) is 18.8. The normalized spacial score (nSPS) is 17.4. The summed E-state index contributed by atoms with van der Waals surface area (Å²) in [6, 6.07) is 58.7. The second-order valence-electron chi connectivity index (χ2n) is 29.5. The van der Waals surface area contributed by atoms with Gasteiger partial charge in [-0.05, 0) is 205 Å². The number of allylic oxidation sites excluding steroid dienone is 4. The molecule has 9 aromatic carbocycles. The highest BCUT2D eigenvalue weighted by Gasteiger charge is 2.36. The zero-order chi connectivity index (χ0) is 58.3. The van der Waals surface area contributed by atoms with Crippen molar-refractivity contribution in [3.63, 3.8) is 0 Å². The van der Waals surface area contributed by atoms with E-state index in [0.29, 0.717) is 5.92 Å². The summed E-state index contributed by atoms with van der Waals surface area (Å²) in [6.45, 7) is 35.2. The third-order valence-corrected chi connectivity index (χ3v) is 18.3. The molecule has 83 heavy (non-hydrogen) atoms. The van der Waals surface area contributed by atoms with Gasteiger partial charge in [0.1, 0.15) is 11.9 Å². The molecule has 9 aromatic rings. The minimum absolute atomic E-state index is 0.0467.